The standard InChI is InChI=1S/C20H20N2OS/c1-3-4-11-20(14-8-6-5-7-9-14)12-10-15-16(13(2)21)19(22)24-17(15)18(20)23/h1,5-9H,2,4,10-12,21-22H2. The molecule has 4 N–H and O–H groups in total. The summed E-state index contributed by atoms with van der Waals surface area (Å²) in [7, 11) is 0. The van der Waals surface area contributed by atoms with E-state index >= 15 is 0 Å². The van der Waals surface area contributed by atoms with Gasteiger partial charge in [0.05, 0.1) is 15.3 Å². The minimum Gasteiger partial charge on any atom is -0.399 e. The normalized spacial score (nSPS) is 19.5. The van der Waals surface area contributed by atoms with Crippen LogP contribution in [-0.2, 0) is 11.8 Å². The van der Waals surface area contributed by atoms with E-state index in [1.54, 1.807) is 0 Å². The third-order valence-electron chi connectivity index (χ3n) is 4.82. The van der Waals surface area contributed by atoms with Crippen LogP contribution in [-0.4, -0.2) is 5.78 Å². The molecule has 1 aromatic carbocycles. The number of rotatable bonds is 4. The van der Waals surface area contributed by atoms with Crippen molar-refractivity contribution >= 4 is 27.8 Å². The second kappa shape index (κ2) is 6.18. The van der Waals surface area contributed by atoms with Crippen LogP contribution in [0.4, 0.5) is 5.00 Å². The fourth-order valence-corrected chi connectivity index (χ4v) is 4.82. The average molecular weight is 336 g/mol. The molecule has 2 aromatic rings. The van der Waals surface area contributed by atoms with Crippen molar-refractivity contribution in [3.63, 3.8) is 0 Å². The largest absolute Gasteiger partial charge is 0.399 e. The molecule has 0 saturated heterocycles. The molecule has 1 aliphatic carbocycles. The van der Waals surface area contributed by atoms with Crippen LogP contribution in [0.5, 0.6) is 0 Å². The predicted molar refractivity (Wildman–Crippen MR) is 101 cm³/mol. The lowest BCUT2D eigenvalue weighted by atomic mass is 9.66. The van der Waals surface area contributed by atoms with Crippen molar-refractivity contribution in [3.8, 4) is 12.3 Å². The molecular formula is C20H20N2OS. The Morgan fingerprint density at radius 1 is 1.38 bits per heavy atom. The van der Waals surface area contributed by atoms with Crippen LogP contribution in [0.3, 0.4) is 0 Å². The molecule has 1 atom stereocenters. The summed E-state index contributed by atoms with van der Waals surface area (Å²) in [4.78, 5) is 14.2. The van der Waals surface area contributed by atoms with Crippen LogP contribution in [0, 0.1) is 12.3 Å². The van der Waals surface area contributed by atoms with Gasteiger partial charge in [0, 0.05) is 17.7 Å². The molecule has 1 heterocycles. The molecular weight excluding hydrogens is 316 g/mol. The van der Waals surface area contributed by atoms with E-state index in [2.05, 4.69) is 12.5 Å². The van der Waals surface area contributed by atoms with Crippen molar-refractivity contribution in [1.29, 1.82) is 0 Å². The lowest BCUT2D eigenvalue weighted by Crippen LogP contribution is -2.39. The number of terminal acetylenes is 1. The molecule has 0 bridgehead atoms. The number of thiophene rings is 1. The molecule has 1 aliphatic rings. The smallest absolute Gasteiger partial charge is 0.183 e. The highest BCUT2D eigenvalue weighted by Gasteiger charge is 2.45. The van der Waals surface area contributed by atoms with Crippen molar-refractivity contribution in [2.75, 3.05) is 5.73 Å². The summed E-state index contributed by atoms with van der Waals surface area (Å²) in [6, 6.07) is 9.91. The quantitative estimate of drug-likeness (QED) is 0.836. The number of carbonyl (C=O) groups excluding carboxylic acids is 1. The molecule has 0 amide bonds. The molecule has 1 unspecified atom stereocenters. The number of hydrogen-bond donors (Lipinski definition) is 2. The van der Waals surface area contributed by atoms with E-state index < -0.39 is 5.41 Å². The van der Waals surface area contributed by atoms with Crippen LogP contribution in [0.25, 0.3) is 5.70 Å². The summed E-state index contributed by atoms with van der Waals surface area (Å²) in [5.41, 5.74) is 14.6. The van der Waals surface area contributed by atoms with E-state index in [-0.39, 0.29) is 5.78 Å². The number of carbonyl (C=O) groups is 1. The fourth-order valence-electron chi connectivity index (χ4n) is 3.63. The molecule has 0 radical (unpaired) electrons. The van der Waals surface area contributed by atoms with E-state index in [1.807, 2.05) is 30.3 Å². The maximum Gasteiger partial charge on any atom is 0.183 e. The molecule has 122 valence electrons. The van der Waals surface area contributed by atoms with Crippen LogP contribution < -0.4 is 11.5 Å². The van der Waals surface area contributed by atoms with Gasteiger partial charge >= 0.3 is 0 Å². The van der Waals surface area contributed by atoms with Gasteiger partial charge in [-0.2, -0.15) is 0 Å². The first-order valence-electron chi connectivity index (χ1n) is 7.91. The highest BCUT2D eigenvalue weighted by molar-refractivity contribution is 7.18. The van der Waals surface area contributed by atoms with Crippen molar-refractivity contribution in [3.05, 3.63) is 58.5 Å². The Bertz CT molecular complexity index is 845. The van der Waals surface area contributed by atoms with Crippen molar-refractivity contribution < 1.29 is 4.79 Å². The summed E-state index contributed by atoms with van der Waals surface area (Å²) < 4.78 is 0. The topological polar surface area (TPSA) is 69.1 Å². The van der Waals surface area contributed by atoms with Gasteiger partial charge in [0.25, 0.3) is 0 Å². The second-order valence-electron chi connectivity index (χ2n) is 6.16. The molecule has 0 spiro atoms. The van der Waals surface area contributed by atoms with E-state index in [4.69, 9.17) is 17.9 Å². The van der Waals surface area contributed by atoms with Crippen molar-refractivity contribution in [2.45, 2.75) is 31.1 Å². The molecule has 4 heteroatoms. The summed E-state index contributed by atoms with van der Waals surface area (Å²) in [6.07, 6.45) is 8.15. The Kier molecular flexibility index (Phi) is 4.21. The van der Waals surface area contributed by atoms with Gasteiger partial charge in [0.2, 0.25) is 0 Å². The highest BCUT2D eigenvalue weighted by Crippen LogP contribution is 2.47. The summed E-state index contributed by atoms with van der Waals surface area (Å²) in [5, 5.41) is 0.571. The molecule has 0 saturated carbocycles. The third-order valence-corrected chi connectivity index (χ3v) is 5.88. The SMILES string of the molecule is C#CCCC1(c2ccccc2)CCc2c(sc(N)c2C(=C)N)C1=O. The van der Waals surface area contributed by atoms with Gasteiger partial charge in [-0.15, -0.1) is 23.7 Å². The molecule has 3 rings (SSSR count). The Morgan fingerprint density at radius 2 is 2.08 bits per heavy atom. The zero-order valence-electron chi connectivity index (χ0n) is 13.5. The summed E-state index contributed by atoms with van der Waals surface area (Å²) in [6.45, 7) is 3.80. The zero-order valence-corrected chi connectivity index (χ0v) is 14.3. The molecule has 24 heavy (non-hydrogen) atoms. The number of hydrogen-bond acceptors (Lipinski definition) is 4. The Morgan fingerprint density at radius 3 is 2.71 bits per heavy atom. The van der Waals surface area contributed by atoms with E-state index in [9.17, 15) is 4.79 Å². The third kappa shape index (κ3) is 2.42. The maximum atomic E-state index is 13.4. The Hall–Kier alpha value is -2.51. The lowest BCUT2D eigenvalue weighted by Gasteiger charge is -2.36. The van der Waals surface area contributed by atoms with Gasteiger partial charge in [-0.3, -0.25) is 4.79 Å². The van der Waals surface area contributed by atoms with E-state index in [1.165, 1.54) is 11.3 Å². The van der Waals surface area contributed by atoms with E-state index in [0.717, 1.165) is 23.1 Å². The molecule has 3 nitrogen and oxygen atoms in total. The zero-order chi connectivity index (χ0) is 17.3. The van der Waals surface area contributed by atoms with Crippen LogP contribution in [0.15, 0.2) is 36.9 Å². The molecule has 0 aliphatic heterocycles. The lowest BCUT2D eigenvalue weighted by molar-refractivity contribution is 0.0856. The van der Waals surface area contributed by atoms with Crippen LogP contribution in [0.2, 0.25) is 0 Å². The number of Topliss-reactive ketones (excluding diaryl/α,β-unsaturated/α-hetero) is 1. The van der Waals surface area contributed by atoms with Crippen molar-refractivity contribution in [1.82, 2.24) is 0 Å². The second-order valence-corrected chi connectivity index (χ2v) is 7.21. The minimum absolute atomic E-state index is 0.106. The number of ketones is 1. The first-order valence-corrected chi connectivity index (χ1v) is 8.72. The highest BCUT2D eigenvalue weighted by atomic mass is 32.1. The molecule has 1 aromatic heterocycles. The van der Waals surface area contributed by atoms with Crippen LogP contribution in [0.1, 0.15) is 45.6 Å². The van der Waals surface area contributed by atoms with Crippen molar-refractivity contribution in [2.24, 2.45) is 5.73 Å². The fraction of sp³-hybridized carbons (Fsp3) is 0.250. The predicted octanol–water partition coefficient (Wildman–Crippen LogP) is 3.74. The number of benzene rings is 1. The monoisotopic (exact) mass is 336 g/mol. The number of fused-ring (bicyclic) bond motifs is 1. The number of anilines is 1. The Balaban J connectivity index is 2.14. The van der Waals surface area contributed by atoms with Gasteiger partial charge in [0.1, 0.15) is 0 Å². The van der Waals surface area contributed by atoms with Gasteiger partial charge in [0.15, 0.2) is 5.78 Å². The Labute approximate surface area is 146 Å². The molecule has 0 fully saturated rings. The first-order chi connectivity index (χ1) is 11.5. The van der Waals surface area contributed by atoms with Gasteiger partial charge in [-0.1, -0.05) is 36.9 Å². The maximum absolute atomic E-state index is 13.4. The summed E-state index contributed by atoms with van der Waals surface area (Å²) in [5.74, 6) is 2.79. The van der Waals surface area contributed by atoms with Gasteiger partial charge < -0.3 is 11.5 Å². The van der Waals surface area contributed by atoms with Crippen LogP contribution >= 0.6 is 11.3 Å². The average Bonchev–Trinajstić information content (AvgIpc) is 2.92. The summed E-state index contributed by atoms with van der Waals surface area (Å²) >= 11 is 1.32. The number of nitrogen functional groups attached to an aromatic ring is 1. The minimum atomic E-state index is -0.578. The van der Waals surface area contributed by atoms with Gasteiger partial charge in [-0.05, 0) is 30.4 Å². The van der Waals surface area contributed by atoms with E-state index in [0.29, 0.717) is 34.8 Å². The first kappa shape index (κ1) is 16.4. The van der Waals surface area contributed by atoms with Gasteiger partial charge in [-0.25, -0.2) is 0 Å². The number of nitrogens with two attached hydrogens (primary N) is 2.